The molecule has 0 bridgehead atoms. The van der Waals surface area contributed by atoms with Crippen molar-refractivity contribution in [3.8, 4) is 0 Å². The second-order valence-corrected chi connectivity index (χ2v) is 6.38. The molecule has 0 spiro atoms. The van der Waals surface area contributed by atoms with Crippen LogP contribution < -0.4 is 11.1 Å². The highest BCUT2D eigenvalue weighted by Gasteiger charge is 2.51. The van der Waals surface area contributed by atoms with Crippen molar-refractivity contribution in [3.05, 3.63) is 0 Å². The summed E-state index contributed by atoms with van der Waals surface area (Å²) in [6.45, 7) is 6.34. The quantitative estimate of drug-likeness (QED) is 0.754. The van der Waals surface area contributed by atoms with E-state index in [1.165, 1.54) is 0 Å². The second-order valence-electron chi connectivity index (χ2n) is 6.38. The van der Waals surface area contributed by atoms with E-state index in [-0.39, 0.29) is 18.4 Å². The first-order chi connectivity index (χ1) is 10.0. The Hall–Kier alpha value is -1.14. The molecule has 3 N–H and O–H groups in total. The van der Waals surface area contributed by atoms with Crippen LogP contribution in [0.2, 0.25) is 0 Å². The van der Waals surface area contributed by atoms with E-state index in [0.717, 1.165) is 19.3 Å². The zero-order valence-electron chi connectivity index (χ0n) is 13.1. The minimum atomic E-state index is -0.517. The Balaban J connectivity index is 2.07. The first-order valence-corrected chi connectivity index (χ1v) is 7.90. The van der Waals surface area contributed by atoms with E-state index in [4.69, 9.17) is 10.5 Å². The molecule has 1 saturated heterocycles. The molecule has 1 heterocycles. The van der Waals surface area contributed by atoms with Gasteiger partial charge in [0.15, 0.2) is 0 Å². The number of hydrogen-bond acceptors (Lipinski definition) is 4. The molecule has 1 saturated carbocycles. The minimum Gasteiger partial charge on any atom is -0.377 e. The van der Waals surface area contributed by atoms with Gasteiger partial charge in [0.05, 0.1) is 18.6 Å². The maximum Gasteiger partial charge on any atom is 0.245 e. The molecule has 0 aromatic carbocycles. The molecule has 21 heavy (non-hydrogen) atoms. The van der Waals surface area contributed by atoms with Crippen LogP contribution in [-0.2, 0) is 14.3 Å². The van der Waals surface area contributed by atoms with Crippen molar-refractivity contribution in [2.45, 2.75) is 39.2 Å². The van der Waals surface area contributed by atoms with Crippen LogP contribution in [0.15, 0.2) is 0 Å². The van der Waals surface area contributed by atoms with Crippen molar-refractivity contribution >= 4 is 11.8 Å². The van der Waals surface area contributed by atoms with Crippen LogP contribution in [0.4, 0.5) is 0 Å². The minimum absolute atomic E-state index is 0.0306. The molecule has 1 aliphatic carbocycles. The number of ether oxygens (including phenoxy) is 1. The number of morpholine rings is 1. The lowest BCUT2D eigenvalue weighted by Gasteiger charge is -2.48. The summed E-state index contributed by atoms with van der Waals surface area (Å²) in [5.74, 6) is 0.443. The van der Waals surface area contributed by atoms with Gasteiger partial charge in [-0.25, -0.2) is 0 Å². The fraction of sp³-hybridized carbons (Fsp3) is 0.867. The SMILES string of the molecule is CCCNC(=O)C1COCCN1C(=O)C1(CN)CC(C)C1. The zero-order chi connectivity index (χ0) is 15.5. The molecule has 2 aliphatic rings. The predicted molar refractivity (Wildman–Crippen MR) is 79.5 cm³/mol. The lowest BCUT2D eigenvalue weighted by Crippen LogP contribution is -2.62. The van der Waals surface area contributed by atoms with E-state index in [9.17, 15) is 9.59 Å². The molecule has 0 aromatic rings. The van der Waals surface area contributed by atoms with Crippen LogP contribution in [0.1, 0.15) is 33.1 Å². The average molecular weight is 297 g/mol. The molecule has 6 heteroatoms. The van der Waals surface area contributed by atoms with Crippen molar-refractivity contribution < 1.29 is 14.3 Å². The van der Waals surface area contributed by atoms with Crippen LogP contribution in [-0.4, -0.2) is 55.6 Å². The molecule has 0 radical (unpaired) electrons. The van der Waals surface area contributed by atoms with E-state index in [2.05, 4.69) is 12.2 Å². The maximum atomic E-state index is 12.9. The zero-order valence-corrected chi connectivity index (χ0v) is 13.1. The van der Waals surface area contributed by atoms with Crippen LogP contribution in [0, 0.1) is 11.3 Å². The number of rotatable bonds is 5. The third-order valence-corrected chi connectivity index (χ3v) is 4.56. The average Bonchev–Trinajstić information content (AvgIpc) is 2.48. The fourth-order valence-electron chi connectivity index (χ4n) is 3.44. The Kier molecular flexibility index (Phi) is 5.22. The van der Waals surface area contributed by atoms with Gasteiger partial charge in [-0.3, -0.25) is 9.59 Å². The predicted octanol–water partition coefficient (Wildman–Crippen LogP) is 0.115. The highest BCUT2D eigenvalue weighted by Crippen LogP contribution is 2.46. The van der Waals surface area contributed by atoms with Gasteiger partial charge in [-0.2, -0.15) is 0 Å². The number of amides is 2. The summed E-state index contributed by atoms with van der Waals surface area (Å²) < 4.78 is 5.40. The number of nitrogens with one attached hydrogen (secondary N) is 1. The summed E-state index contributed by atoms with van der Waals surface area (Å²) >= 11 is 0. The molecule has 2 amide bonds. The van der Waals surface area contributed by atoms with Crippen LogP contribution in [0.3, 0.4) is 0 Å². The summed E-state index contributed by atoms with van der Waals surface area (Å²) in [5.41, 5.74) is 5.40. The molecule has 1 atom stereocenters. The number of carbonyl (C=O) groups is 2. The van der Waals surface area contributed by atoms with Crippen molar-refractivity contribution in [1.82, 2.24) is 10.2 Å². The Morgan fingerprint density at radius 2 is 2.14 bits per heavy atom. The van der Waals surface area contributed by atoms with Gasteiger partial charge in [0, 0.05) is 19.6 Å². The summed E-state index contributed by atoms with van der Waals surface area (Å²) in [4.78, 5) is 26.8. The summed E-state index contributed by atoms with van der Waals surface area (Å²) in [6, 6.07) is -0.517. The third-order valence-electron chi connectivity index (χ3n) is 4.56. The highest BCUT2D eigenvalue weighted by molar-refractivity contribution is 5.91. The number of nitrogens with zero attached hydrogens (tertiary/aromatic N) is 1. The van der Waals surface area contributed by atoms with Gasteiger partial charge in [0.2, 0.25) is 11.8 Å². The highest BCUT2D eigenvalue weighted by atomic mass is 16.5. The van der Waals surface area contributed by atoms with Crippen LogP contribution in [0.25, 0.3) is 0 Å². The van der Waals surface area contributed by atoms with E-state index < -0.39 is 11.5 Å². The van der Waals surface area contributed by atoms with Crippen LogP contribution in [0.5, 0.6) is 0 Å². The van der Waals surface area contributed by atoms with Crippen molar-refractivity contribution in [2.24, 2.45) is 17.1 Å². The van der Waals surface area contributed by atoms with E-state index in [0.29, 0.717) is 32.2 Å². The monoisotopic (exact) mass is 297 g/mol. The van der Waals surface area contributed by atoms with Crippen LogP contribution >= 0.6 is 0 Å². The lowest BCUT2D eigenvalue weighted by molar-refractivity contribution is -0.162. The fourth-order valence-corrected chi connectivity index (χ4v) is 3.44. The standard InChI is InChI=1S/C15H27N3O3/c1-3-4-17-13(19)12-9-21-6-5-18(12)14(20)15(10-16)7-11(2)8-15/h11-12H,3-10,16H2,1-2H3,(H,17,19). The Morgan fingerprint density at radius 1 is 1.43 bits per heavy atom. The molecule has 120 valence electrons. The first-order valence-electron chi connectivity index (χ1n) is 7.90. The molecule has 6 nitrogen and oxygen atoms in total. The third kappa shape index (κ3) is 3.21. The topological polar surface area (TPSA) is 84.7 Å². The molecule has 2 rings (SSSR count). The van der Waals surface area contributed by atoms with Crippen molar-refractivity contribution in [2.75, 3.05) is 32.8 Å². The van der Waals surface area contributed by atoms with E-state index in [1.54, 1.807) is 4.90 Å². The molecule has 1 unspecified atom stereocenters. The largest absolute Gasteiger partial charge is 0.377 e. The first kappa shape index (κ1) is 16.2. The number of carbonyl (C=O) groups excluding carboxylic acids is 2. The van der Waals surface area contributed by atoms with Gasteiger partial charge in [-0.05, 0) is 25.2 Å². The molecular weight excluding hydrogens is 270 g/mol. The van der Waals surface area contributed by atoms with Gasteiger partial charge in [0.1, 0.15) is 6.04 Å². The van der Waals surface area contributed by atoms with Gasteiger partial charge in [-0.1, -0.05) is 13.8 Å². The van der Waals surface area contributed by atoms with Crippen molar-refractivity contribution in [3.63, 3.8) is 0 Å². The number of hydrogen-bond donors (Lipinski definition) is 2. The summed E-state index contributed by atoms with van der Waals surface area (Å²) in [6.07, 6.45) is 2.52. The normalized spacial score (nSPS) is 32.4. The van der Waals surface area contributed by atoms with Gasteiger partial charge in [0.25, 0.3) is 0 Å². The Labute approximate surface area is 126 Å². The number of nitrogens with two attached hydrogens (primary N) is 1. The van der Waals surface area contributed by atoms with Crippen molar-refractivity contribution in [1.29, 1.82) is 0 Å². The van der Waals surface area contributed by atoms with Gasteiger partial charge < -0.3 is 20.7 Å². The molecule has 0 aromatic heterocycles. The Bertz CT molecular complexity index is 394. The van der Waals surface area contributed by atoms with Gasteiger partial charge in [-0.15, -0.1) is 0 Å². The summed E-state index contributed by atoms with van der Waals surface area (Å²) in [5, 5.41) is 2.86. The maximum absolute atomic E-state index is 12.9. The second kappa shape index (κ2) is 6.75. The molecule has 1 aliphatic heterocycles. The lowest BCUT2D eigenvalue weighted by atomic mass is 9.61. The smallest absolute Gasteiger partial charge is 0.245 e. The Morgan fingerprint density at radius 3 is 2.71 bits per heavy atom. The van der Waals surface area contributed by atoms with E-state index >= 15 is 0 Å². The summed E-state index contributed by atoms with van der Waals surface area (Å²) in [7, 11) is 0. The molecular formula is C15H27N3O3. The molecule has 2 fully saturated rings. The van der Waals surface area contributed by atoms with E-state index in [1.807, 2.05) is 6.92 Å². The van der Waals surface area contributed by atoms with Gasteiger partial charge >= 0.3 is 0 Å².